The molecule has 2 aromatic heterocycles. The highest BCUT2D eigenvalue weighted by atomic mass is 35.5. The van der Waals surface area contributed by atoms with Gasteiger partial charge in [-0.05, 0) is 48.7 Å². The summed E-state index contributed by atoms with van der Waals surface area (Å²) in [6.07, 6.45) is 2.71. The van der Waals surface area contributed by atoms with Crippen LogP contribution in [0.3, 0.4) is 0 Å². The summed E-state index contributed by atoms with van der Waals surface area (Å²) in [5.41, 5.74) is 2.86. The minimum atomic E-state index is -0.683. The Hall–Kier alpha value is -3.83. The maximum atomic E-state index is 15.4. The molecule has 0 spiro atoms. The Labute approximate surface area is 250 Å². The lowest BCUT2D eigenvalue weighted by Gasteiger charge is -2.40. The maximum absolute atomic E-state index is 15.4. The molecule has 0 saturated carbocycles. The first-order valence-corrected chi connectivity index (χ1v) is 14.0. The zero-order valence-electron chi connectivity index (χ0n) is 22.7. The first-order chi connectivity index (χ1) is 20.2. The van der Waals surface area contributed by atoms with E-state index in [4.69, 9.17) is 32.9 Å². The highest BCUT2D eigenvalue weighted by Gasteiger charge is 2.38. The van der Waals surface area contributed by atoms with E-state index in [1.54, 1.807) is 31.4 Å². The van der Waals surface area contributed by atoms with E-state index in [1.165, 1.54) is 25.4 Å². The predicted octanol–water partition coefficient (Wildman–Crippen LogP) is 4.88. The molecule has 1 atom stereocenters. The van der Waals surface area contributed by atoms with Gasteiger partial charge >= 0.3 is 0 Å². The summed E-state index contributed by atoms with van der Waals surface area (Å²) in [7, 11) is 3.00. The van der Waals surface area contributed by atoms with Crippen molar-refractivity contribution in [3.05, 3.63) is 91.6 Å². The third-order valence-corrected chi connectivity index (χ3v) is 8.59. The number of aliphatic hydroxyl groups excluding tert-OH is 1. The van der Waals surface area contributed by atoms with Crippen LogP contribution in [0, 0.1) is 5.82 Å². The number of aromatic nitrogens is 3. The van der Waals surface area contributed by atoms with Crippen molar-refractivity contribution in [3.8, 4) is 28.3 Å². The Morgan fingerprint density at radius 3 is 2.67 bits per heavy atom. The highest BCUT2D eigenvalue weighted by molar-refractivity contribution is 6.39. The number of nitrogens with one attached hydrogen (secondary N) is 1. The van der Waals surface area contributed by atoms with Crippen LogP contribution in [0.2, 0.25) is 10.0 Å². The number of carbonyl (C=O) groups is 1. The van der Waals surface area contributed by atoms with Gasteiger partial charge in [-0.15, -0.1) is 0 Å². The van der Waals surface area contributed by atoms with Crippen molar-refractivity contribution in [2.24, 2.45) is 7.05 Å². The zero-order valence-corrected chi connectivity index (χ0v) is 24.2. The molecule has 42 heavy (non-hydrogen) atoms. The molecule has 1 aliphatic heterocycles. The summed E-state index contributed by atoms with van der Waals surface area (Å²) in [5.74, 6) is -0.821. The van der Waals surface area contributed by atoms with Crippen molar-refractivity contribution in [1.82, 2.24) is 19.7 Å². The molecule has 0 bridgehead atoms. The molecule has 2 aromatic carbocycles. The smallest absolute Gasteiger partial charge is 0.279 e. The number of likely N-dealkylation sites (tertiary alicyclic amines) is 1. The zero-order chi connectivity index (χ0) is 29.7. The van der Waals surface area contributed by atoms with Crippen molar-refractivity contribution >= 4 is 34.8 Å². The molecule has 0 radical (unpaired) electrons. The van der Waals surface area contributed by atoms with E-state index in [0.29, 0.717) is 30.2 Å². The van der Waals surface area contributed by atoms with Gasteiger partial charge in [0.2, 0.25) is 5.88 Å². The molecule has 1 unspecified atom stereocenters. The Morgan fingerprint density at radius 2 is 1.93 bits per heavy atom. The minimum Gasteiger partial charge on any atom is -0.481 e. The van der Waals surface area contributed by atoms with Gasteiger partial charge < -0.3 is 15.2 Å². The number of ether oxygens (including phenoxy) is 1. The number of amides is 1. The molecule has 2 aliphatic rings. The van der Waals surface area contributed by atoms with E-state index in [0.717, 1.165) is 28.7 Å². The average Bonchev–Trinajstić information content (AvgIpc) is 3.37. The SMILES string of the molecule is COc1nc(-c2ccc(F)c(-c3cccc(NC(=O)c4ccnn(C)c4=O)c3Cl)c2Cl)cc2c1C(N1CC(O)C1)CC2. The molecule has 1 amide bonds. The Bertz CT molecular complexity index is 1790. The second-order valence-electron chi connectivity index (χ2n) is 10.3. The number of benzene rings is 2. The summed E-state index contributed by atoms with van der Waals surface area (Å²) in [5, 5.41) is 16.4. The third kappa shape index (κ3) is 4.84. The van der Waals surface area contributed by atoms with Crippen LogP contribution in [0.4, 0.5) is 10.1 Å². The number of pyridine rings is 1. The van der Waals surface area contributed by atoms with Crippen LogP contribution in [-0.2, 0) is 13.5 Å². The number of methoxy groups -OCH3 is 1. The predicted molar refractivity (Wildman–Crippen MR) is 158 cm³/mol. The van der Waals surface area contributed by atoms with Gasteiger partial charge in [0, 0.05) is 54.6 Å². The molecular weight excluding hydrogens is 584 g/mol. The summed E-state index contributed by atoms with van der Waals surface area (Å²) in [6, 6.07) is 11.0. The van der Waals surface area contributed by atoms with Gasteiger partial charge in [0.25, 0.3) is 11.5 Å². The first-order valence-electron chi connectivity index (χ1n) is 13.3. The molecule has 4 aromatic rings. The molecule has 3 heterocycles. The van der Waals surface area contributed by atoms with Gasteiger partial charge in [-0.25, -0.2) is 14.1 Å². The molecule has 12 heteroatoms. The lowest BCUT2D eigenvalue weighted by Crippen LogP contribution is -2.51. The largest absolute Gasteiger partial charge is 0.481 e. The van der Waals surface area contributed by atoms with E-state index in [9.17, 15) is 14.7 Å². The summed E-state index contributed by atoms with van der Waals surface area (Å²) in [6.45, 7) is 1.23. The number of aryl methyl sites for hydroxylation is 2. The number of anilines is 1. The van der Waals surface area contributed by atoms with Crippen molar-refractivity contribution in [2.75, 3.05) is 25.5 Å². The van der Waals surface area contributed by atoms with Crippen molar-refractivity contribution in [1.29, 1.82) is 0 Å². The Balaban J connectivity index is 1.37. The fraction of sp³-hybridized carbons (Fsp3) is 0.267. The molecule has 1 aliphatic carbocycles. The van der Waals surface area contributed by atoms with E-state index in [1.807, 2.05) is 6.07 Å². The van der Waals surface area contributed by atoms with Gasteiger partial charge in [0.05, 0.1) is 34.6 Å². The van der Waals surface area contributed by atoms with Crippen LogP contribution in [0.15, 0.2) is 53.5 Å². The standard InChI is InChI=1S/C30H26Cl2FN5O4/c1-37-30(41)19(10-11-34-37)28(40)35-21-5-3-4-18(26(21)31)25-20(33)8-7-17(27(25)32)22-12-15-6-9-23(38-13-16(39)14-38)24(15)29(36-22)42-2/h3-5,7-8,10-12,16,23,39H,6,9,13-14H2,1-2H3,(H,35,40). The number of β-amino-alcohol motifs (C(OH)–C–C–N with tert-alkyl or cyclic N) is 1. The quantitative estimate of drug-likeness (QED) is 0.320. The number of carbonyl (C=O) groups excluding carboxylic acids is 1. The molecule has 216 valence electrons. The normalized spacial score (nSPS) is 16.7. The first kappa shape index (κ1) is 28.3. The molecule has 2 N–H and O–H groups in total. The van der Waals surface area contributed by atoms with Crippen molar-refractivity contribution in [3.63, 3.8) is 0 Å². The van der Waals surface area contributed by atoms with E-state index < -0.39 is 17.3 Å². The van der Waals surface area contributed by atoms with Crippen LogP contribution < -0.4 is 15.6 Å². The highest BCUT2D eigenvalue weighted by Crippen LogP contribution is 2.46. The second kappa shape index (κ2) is 11.1. The molecular formula is C30H26Cl2FN5O4. The van der Waals surface area contributed by atoms with Crippen LogP contribution in [0.25, 0.3) is 22.4 Å². The summed E-state index contributed by atoms with van der Waals surface area (Å²) < 4.78 is 22.1. The van der Waals surface area contributed by atoms with Crippen LogP contribution >= 0.6 is 23.2 Å². The monoisotopic (exact) mass is 609 g/mol. The van der Waals surface area contributed by atoms with Crippen molar-refractivity contribution in [2.45, 2.75) is 25.0 Å². The Morgan fingerprint density at radius 1 is 1.14 bits per heavy atom. The fourth-order valence-corrected chi connectivity index (χ4v) is 6.29. The van der Waals surface area contributed by atoms with Crippen LogP contribution in [-0.4, -0.2) is 57.0 Å². The van der Waals surface area contributed by atoms with E-state index in [-0.39, 0.29) is 44.6 Å². The minimum absolute atomic E-state index is 0.0452. The van der Waals surface area contributed by atoms with E-state index >= 15 is 4.39 Å². The number of aliphatic hydroxyl groups is 1. The summed E-state index contributed by atoms with van der Waals surface area (Å²) >= 11 is 13.6. The molecule has 6 rings (SSSR count). The summed E-state index contributed by atoms with van der Waals surface area (Å²) in [4.78, 5) is 32.2. The van der Waals surface area contributed by atoms with Crippen LogP contribution in [0.1, 0.15) is 33.9 Å². The van der Waals surface area contributed by atoms with Crippen LogP contribution in [0.5, 0.6) is 5.88 Å². The third-order valence-electron chi connectivity index (χ3n) is 7.79. The molecule has 1 saturated heterocycles. The van der Waals surface area contributed by atoms with Gasteiger partial charge in [0.15, 0.2) is 0 Å². The lowest BCUT2D eigenvalue weighted by molar-refractivity contribution is -0.0256. The topological polar surface area (TPSA) is 110 Å². The number of hydrogen-bond acceptors (Lipinski definition) is 7. The maximum Gasteiger partial charge on any atom is 0.279 e. The van der Waals surface area contributed by atoms with Gasteiger partial charge in [-0.3, -0.25) is 14.5 Å². The second-order valence-corrected chi connectivity index (χ2v) is 11.1. The number of rotatable bonds is 6. The lowest BCUT2D eigenvalue weighted by atomic mass is 9.98. The average molecular weight is 610 g/mol. The van der Waals surface area contributed by atoms with Gasteiger partial charge in [-0.1, -0.05) is 35.3 Å². The molecule has 1 fully saturated rings. The number of nitrogens with zero attached hydrogens (tertiary/aromatic N) is 4. The van der Waals surface area contributed by atoms with E-state index in [2.05, 4.69) is 15.3 Å². The Kier molecular flexibility index (Phi) is 7.48. The number of hydrogen-bond donors (Lipinski definition) is 2. The van der Waals surface area contributed by atoms with Crippen molar-refractivity contribution < 1.29 is 19.0 Å². The van der Waals surface area contributed by atoms with Gasteiger partial charge in [-0.2, -0.15) is 5.10 Å². The number of halogens is 3. The molecule has 9 nitrogen and oxygen atoms in total. The fourth-order valence-electron chi connectivity index (χ4n) is 5.67. The van der Waals surface area contributed by atoms with Gasteiger partial charge in [0.1, 0.15) is 11.4 Å². The number of fused-ring (bicyclic) bond motifs is 1.